The first kappa shape index (κ1) is 25.7. The Balaban J connectivity index is 1.85. The molecule has 4 rings (SSSR count). The highest BCUT2D eigenvalue weighted by molar-refractivity contribution is 6.32. The third-order valence-corrected chi connectivity index (χ3v) is 5.46. The van der Waals surface area contributed by atoms with Crippen LogP contribution in [0.2, 0.25) is 5.02 Å². The van der Waals surface area contributed by atoms with Crippen LogP contribution < -0.4 is 24.6 Å². The third-order valence-electron chi connectivity index (χ3n) is 5.16. The van der Waals surface area contributed by atoms with E-state index in [4.69, 9.17) is 35.7 Å². The van der Waals surface area contributed by atoms with Gasteiger partial charge in [0, 0.05) is 12.1 Å². The van der Waals surface area contributed by atoms with E-state index in [1.165, 1.54) is 32.4 Å². The Hall–Kier alpha value is -4.39. The van der Waals surface area contributed by atoms with Gasteiger partial charge in [0.2, 0.25) is 5.88 Å². The number of methoxy groups -OCH3 is 2. The Bertz CT molecular complexity index is 1570. The molecule has 0 spiro atoms. The summed E-state index contributed by atoms with van der Waals surface area (Å²) in [6.45, 7) is 0.319. The summed E-state index contributed by atoms with van der Waals surface area (Å²) in [4.78, 5) is 35.0. The summed E-state index contributed by atoms with van der Waals surface area (Å²) in [5.41, 5.74) is -0.463. The van der Waals surface area contributed by atoms with Crippen LogP contribution in [-0.4, -0.2) is 51.4 Å². The molecule has 2 heterocycles. The fourth-order valence-corrected chi connectivity index (χ4v) is 3.78. The first-order valence-electron chi connectivity index (χ1n) is 10.5. The highest BCUT2D eigenvalue weighted by Gasteiger charge is 2.22. The number of benzene rings is 2. The number of ether oxygens (including phenoxy) is 4. The molecule has 0 saturated heterocycles. The molecule has 0 bridgehead atoms. The lowest BCUT2D eigenvalue weighted by Crippen LogP contribution is -2.16. The normalized spacial score (nSPS) is 11.0. The standard InChI is InChI=1S/C23H19ClF2N4O7/c1-10-27-21-20(22(28-10)35-3)29-23(33)30(21)14-7-17(16(6-12(14)24)37-9-18(31)32)36-8-11-15(34-2)5-4-13(25)19(11)26/h4-7H,8-9H2,1-3H3,(H,29,33)(H,31,32). The molecule has 0 fully saturated rings. The van der Waals surface area contributed by atoms with E-state index >= 15 is 0 Å². The van der Waals surface area contributed by atoms with Gasteiger partial charge in [-0.2, -0.15) is 4.98 Å². The Morgan fingerprint density at radius 1 is 1.11 bits per heavy atom. The molecular weight excluding hydrogens is 518 g/mol. The van der Waals surface area contributed by atoms with Gasteiger partial charge in [-0.1, -0.05) is 11.6 Å². The minimum atomic E-state index is -1.28. The van der Waals surface area contributed by atoms with E-state index in [-0.39, 0.29) is 50.6 Å². The summed E-state index contributed by atoms with van der Waals surface area (Å²) in [5.74, 6) is -3.37. The largest absolute Gasteiger partial charge is 0.496 e. The molecule has 0 aliphatic carbocycles. The number of nitrogens with one attached hydrogen (secondary N) is 1. The van der Waals surface area contributed by atoms with Crippen molar-refractivity contribution in [1.82, 2.24) is 19.5 Å². The second kappa shape index (κ2) is 10.3. The molecule has 0 unspecified atom stereocenters. The van der Waals surface area contributed by atoms with Crippen LogP contribution in [0.25, 0.3) is 16.9 Å². The number of carbonyl (C=O) groups is 1. The van der Waals surface area contributed by atoms with E-state index in [9.17, 15) is 18.4 Å². The van der Waals surface area contributed by atoms with Gasteiger partial charge in [0.25, 0.3) is 0 Å². The molecule has 2 aromatic carbocycles. The highest BCUT2D eigenvalue weighted by atomic mass is 35.5. The van der Waals surface area contributed by atoms with Crippen LogP contribution in [0.5, 0.6) is 23.1 Å². The number of rotatable bonds is 9. The minimum absolute atomic E-state index is 0.0215. The number of aliphatic carboxylic acids is 1. The van der Waals surface area contributed by atoms with Crippen LogP contribution in [0.4, 0.5) is 8.78 Å². The molecule has 0 aliphatic rings. The van der Waals surface area contributed by atoms with Crippen LogP contribution in [0.15, 0.2) is 29.1 Å². The molecule has 11 nitrogen and oxygen atoms in total. The maximum atomic E-state index is 14.5. The van der Waals surface area contributed by atoms with Gasteiger partial charge < -0.3 is 24.1 Å². The van der Waals surface area contributed by atoms with Crippen molar-refractivity contribution in [3.63, 3.8) is 0 Å². The second-order valence-electron chi connectivity index (χ2n) is 7.51. The molecule has 4 aromatic rings. The number of aromatic nitrogens is 4. The van der Waals surface area contributed by atoms with Crippen molar-refractivity contribution in [2.24, 2.45) is 0 Å². The zero-order valence-corrected chi connectivity index (χ0v) is 20.4. The van der Waals surface area contributed by atoms with Crippen LogP contribution in [-0.2, 0) is 11.4 Å². The molecule has 0 amide bonds. The first-order valence-corrected chi connectivity index (χ1v) is 10.9. The number of aromatic amines is 1. The van der Waals surface area contributed by atoms with Gasteiger partial charge in [-0.15, -0.1) is 0 Å². The van der Waals surface area contributed by atoms with Gasteiger partial charge in [-0.05, 0) is 19.1 Å². The number of halogens is 3. The SMILES string of the molecule is COc1ccc(F)c(F)c1COc1cc(-n2c(=O)[nH]c3c(OC)nc(C)nc32)c(Cl)cc1OCC(=O)O. The number of carboxylic acids is 1. The molecule has 2 N–H and O–H groups in total. The Morgan fingerprint density at radius 3 is 2.51 bits per heavy atom. The number of imidazole rings is 1. The van der Waals surface area contributed by atoms with Crippen molar-refractivity contribution in [3.8, 4) is 28.8 Å². The van der Waals surface area contributed by atoms with Gasteiger partial charge >= 0.3 is 11.7 Å². The van der Waals surface area contributed by atoms with Crippen LogP contribution in [0, 0.1) is 18.6 Å². The van der Waals surface area contributed by atoms with E-state index in [2.05, 4.69) is 15.0 Å². The Labute approximate surface area is 212 Å². The Kier molecular flexibility index (Phi) is 7.16. The molecule has 0 aliphatic heterocycles. The fraction of sp³-hybridized carbons (Fsp3) is 0.217. The highest BCUT2D eigenvalue weighted by Crippen LogP contribution is 2.37. The summed E-state index contributed by atoms with van der Waals surface area (Å²) in [7, 11) is 2.66. The maximum absolute atomic E-state index is 14.5. The predicted octanol–water partition coefficient (Wildman–Crippen LogP) is 3.41. The zero-order valence-electron chi connectivity index (χ0n) is 19.6. The number of hydrogen-bond acceptors (Lipinski definition) is 8. The van der Waals surface area contributed by atoms with E-state index in [0.29, 0.717) is 5.82 Å². The summed E-state index contributed by atoms with van der Waals surface area (Å²) in [5, 5.41) is 9.00. The monoisotopic (exact) mass is 536 g/mol. The summed E-state index contributed by atoms with van der Waals surface area (Å²) in [6.07, 6.45) is 0. The summed E-state index contributed by atoms with van der Waals surface area (Å²) < 4.78 is 50.7. The van der Waals surface area contributed by atoms with Crippen LogP contribution >= 0.6 is 11.6 Å². The number of aryl methyl sites for hydroxylation is 1. The first-order chi connectivity index (χ1) is 17.6. The molecule has 37 heavy (non-hydrogen) atoms. The minimum Gasteiger partial charge on any atom is -0.496 e. The number of nitrogens with zero attached hydrogens (tertiary/aromatic N) is 3. The lowest BCUT2D eigenvalue weighted by atomic mass is 10.2. The molecular formula is C23H19ClF2N4O7. The molecule has 14 heteroatoms. The molecule has 0 atom stereocenters. The fourth-order valence-electron chi connectivity index (χ4n) is 3.55. The van der Waals surface area contributed by atoms with Gasteiger partial charge in [-0.25, -0.2) is 27.9 Å². The third kappa shape index (κ3) is 4.98. The van der Waals surface area contributed by atoms with Crippen molar-refractivity contribution in [3.05, 3.63) is 62.8 Å². The number of fused-ring (bicyclic) bond motifs is 1. The van der Waals surface area contributed by atoms with E-state index in [1.54, 1.807) is 6.92 Å². The topological polar surface area (TPSA) is 138 Å². The average Bonchev–Trinajstić information content (AvgIpc) is 3.18. The lowest BCUT2D eigenvalue weighted by molar-refractivity contribution is -0.139. The number of H-pyrrole nitrogens is 1. The quantitative estimate of drug-likeness (QED) is 0.329. The second-order valence-corrected chi connectivity index (χ2v) is 7.92. The van der Waals surface area contributed by atoms with E-state index in [0.717, 1.165) is 10.6 Å². The van der Waals surface area contributed by atoms with Gasteiger partial charge in [0.05, 0.1) is 30.5 Å². The van der Waals surface area contributed by atoms with Crippen molar-refractivity contribution in [1.29, 1.82) is 0 Å². The molecule has 2 aromatic heterocycles. The van der Waals surface area contributed by atoms with Crippen molar-refractivity contribution < 1.29 is 37.6 Å². The van der Waals surface area contributed by atoms with Gasteiger partial charge in [-0.3, -0.25) is 4.98 Å². The maximum Gasteiger partial charge on any atom is 0.341 e. The molecule has 0 saturated carbocycles. The smallest absolute Gasteiger partial charge is 0.341 e. The Morgan fingerprint density at radius 2 is 1.84 bits per heavy atom. The number of hydrogen-bond donors (Lipinski definition) is 2. The predicted molar refractivity (Wildman–Crippen MR) is 126 cm³/mol. The van der Waals surface area contributed by atoms with Crippen molar-refractivity contribution in [2.45, 2.75) is 13.5 Å². The van der Waals surface area contributed by atoms with Crippen molar-refractivity contribution >= 4 is 28.7 Å². The summed E-state index contributed by atoms with van der Waals surface area (Å²) >= 11 is 6.44. The van der Waals surface area contributed by atoms with Crippen LogP contribution in [0.1, 0.15) is 11.4 Å². The lowest BCUT2D eigenvalue weighted by Gasteiger charge is -2.16. The summed E-state index contributed by atoms with van der Waals surface area (Å²) in [6, 6.07) is 4.64. The average molecular weight is 537 g/mol. The molecule has 194 valence electrons. The molecule has 0 radical (unpaired) electrons. The zero-order chi connectivity index (χ0) is 26.9. The van der Waals surface area contributed by atoms with E-state index < -0.39 is 36.5 Å². The van der Waals surface area contributed by atoms with Gasteiger partial charge in [0.15, 0.2) is 35.4 Å². The van der Waals surface area contributed by atoms with E-state index in [1.807, 2.05) is 0 Å². The van der Waals surface area contributed by atoms with Gasteiger partial charge in [0.1, 0.15) is 23.7 Å². The number of carboxylic acid groups (broad SMARTS) is 1. The van der Waals surface area contributed by atoms with Crippen LogP contribution in [0.3, 0.4) is 0 Å². The van der Waals surface area contributed by atoms with Crippen molar-refractivity contribution in [2.75, 3.05) is 20.8 Å².